The van der Waals surface area contributed by atoms with Gasteiger partial charge < -0.3 is 14.5 Å². The molecule has 1 N–H and O–H groups in total. The van der Waals surface area contributed by atoms with E-state index in [2.05, 4.69) is 10.3 Å². The fraction of sp³-hybridized carbons (Fsp3) is 0.200. The first-order chi connectivity index (χ1) is 12.7. The molecule has 0 saturated carbocycles. The van der Waals surface area contributed by atoms with Crippen LogP contribution < -0.4 is 10.1 Å². The normalized spacial score (nSPS) is 11.2. The summed E-state index contributed by atoms with van der Waals surface area (Å²) in [7, 11) is 0. The summed E-state index contributed by atoms with van der Waals surface area (Å²) in [4.78, 5) is 16.4. The number of nitrogens with one attached hydrogen (secondary N) is 1. The van der Waals surface area contributed by atoms with Crippen LogP contribution in [0.3, 0.4) is 0 Å². The maximum atomic E-state index is 12.8. The molecular formula is C20H20FN3O2. The summed E-state index contributed by atoms with van der Waals surface area (Å²) in [5.41, 5.74) is 2.41. The van der Waals surface area contributed by atoms with Crippen LogP contribution >= 0.6 is 0 Å². The third-order valence-corrected chi connectivity index (χ3v) is 3.77. The van der Waals surface area contributed by atoms with Crippen LogP contribution in [0.1, 0.15) is 18.2 Å². The number of carbonyl (C=O) groups excluding carboxylic acids is 1. The van der Waals surface area contributed by atoms with E-state index < -0.39 is 0 Å². The van der Waals surface area contributed by atoms with E-state index in [1.54, 1.807) is 18.2 Å². The Labute approximate surface area is 151 Å². The van der Waals surface area contributed by atoms with Crippen LogP contribution in [0.25, 0.3) is 11.7 Å². The lowest BCUT2D eigenvalue weighted by atomic mass is 10.2. The van der Waals surface area contributed by atoms with Crippen LogP contribution in [0.5, 0.6) is 5.75 Å². The number of aromatic nitrogens is 2. The van der Waals surface area contributed by atoms with E-state index in [4.69, 9.17) is 4.74 Å². The van der Waals surface area contributed by atoms with E-state index in [0.29, 0.717) is 19.6 Å². The average Bonchev–Trinajstić information content (AvgIpc) is 3.05. The van der Waals surface area contributed by atoms with Gasteiger partial charge in [-0.1, -0.05) is 12.1 Å². The van der Waals surface area contributed by atoms with Gasteiger partial charge in [-0.25, -0.2) is 9.37 Å². The van der Waals surface area contributed by atoms with Gasteiger partial charge in [0.15, 0.2) is 11.4 Å². The molecule has 0 aliphatic heterocycles. The topological polar surface area (TPSA) is 55.6 Å². The molecule has 0 saturated heterocycles. The van der Waals surface area contributed by atoms with Gasteiger partial charge >= 0.3 is 0 Å². The van der Waals surface area contributed by atoms with Gasteiger partial charge in [0.1, 0.15) is 5.82 Å². The van der Waals surface area contributed by atoms with Gasteiger partial charge in [0.25, 0.3) is 0 Å². The number of rotatable bonds is 7. The number of halogens is 1. The van der Waals surface area contributed by atoms with Crippen molar-refractivity contribution < 1.29 is 13.9 Å². The number of hydrogen-bond acceptors (Lipinski definition) is 3. The van der Waals surface area contributed by atoms with E-state index in [1.807, 2.05) is 35.9 Å². The van der Waals surface area contributed by atoms with Gasteiger partial charge in [0, 0.05) is 31.4 Å². The maximum absolute atomic E-state index is 12.8. The molecule has 1 aromatic carbocycles. The second-order valence-electron chi connectivity index (χ2n) is 5.69. The van der Waals surface area contributed by atoms with Crippen LogP contribution in [0.15, 0.2) is 54.9 Å². The highest BCUT2D eigenvalue weighted by Gasteiger charge is 2.07. The zero-order valence-corrected chi connectivity index (χ0v) is 14.5. The Balaban J connectivity index is 1.54. The number of benzene rings is 1. The van der Waals surface area contributed by atoms with Crippen molar-refractivity contribution in [3.05, 3.63) is 71.9 Å². The molecule has 0 atom stereocenters. The van der Waals surface area contributed by atoms with E-state index >= 15 is 0 Å². The van der Waals surface area contributed by atoms with Crippen LogP contribution in [-0.2, 0) is 11.2 Å². The number of hydrogen-bond donors (Lipinski definition) is 1. The van der Waals surface area contributed by atoms with Crippen molar-refractivity contribution in [1.29, 1.82) is 0 Å². The highest BCUT2D eigenvalue weighted by Crippen LogP contribution is 2.19. The summed E-state index contributed by atoms with van der Waals surface area (Å²) in [6.07, 6.45) is 7.54. The van der Waals surface area contributed by atoms with E-state index in [1.165, 1.54) is 18.2 Å². The molecule has 2 heterocycles. The molecule has 1 amide bonds. The van der Waals surface area contributed by atoms with Crippen molar-refractivity contribution in [2.45, 2.75) is 13.3 Å². The Morgan fingerprint density at radius 2 is 2.12 bits per heavy atom. The van der Waals surface area contributed by atoms with E-state index in [0.717, 1.165) is 22.7 Å². The molecule has 0 aliphatic rings. The van der Waals surface area contributed by atoms with Crippen molar-refractivity contribution >= 4 is 17.6 Å². The van der Waals surface area contributed by atoms with E-state index in [9.17, 15) is 9.18 Å². The summed E-state index contributed by atoms with van der Waals surface area (Å²) in [5, 5.41) is 2.82. The van der Waals surface area contributed by atoms with Crippen molar-refractivity contribution in [3.8, 4) is 5.75 Å². The molecule has 0 spiro atoms. The summed E-state index contributed by atoms with van der Waals surface area (Å²) < 4.78 is 20.3. The first kappa shape index (κ1) is 17.7. The third kappa shape index (κ3) is 4.47. The largest absolute Gasteiger partial charge is 0.490 e. The Morgan fingerprint density at radius 1 is 1.31 bits per heavy atom. The van der Waals surface area contributed by atoms with Gasteiger partial charge in [-0.15, -0.1) is 0 Å². The summed E-state index contributed by atoms with van der Waals surface area (Å²) in [6, 6.07) is 9.75. The Morgan fingerprint density at radius 3 is 2.88 bits per heavy atom. The number of imidazole rings is 1. The number of fused-ring (bicyclic) bond motifs is 1. The molecule has 3 rings (SSSR count). The zero-order chi connectivity index (χ0) is 18.4. The Hall–Kier alpha value is -3.15. The SMILES string of the molecule is CCOc1cccn2cc(CCNC(=O)/C=C/c3ccc(F)cc3)nc12. The number of ether oxygens (including phenoxy) is 1. The Bertz CT molecular complexity index is 916. The summed E-state index contributed by atoms with van der Waals surface area (Å²) in [6.45, 7) is 2.99. The molecule has 134 valence electrons. The number of pyridine rings is 1. The molecule has 0 fully saturated rings. The smallest absolute Gasteiger partial charge is 0.244 e. The third-order valence-electron chi connectivity index (χ3n) is 3.77. The lowest BCUT2D eigenvalue weighted by Gasteiger charge is -2.03. The van der Waals surface area contributed by atoms with Crippen molar-refractivity contribution in [3.63, 3.8) is 0 Å². The molecule has 0 bridgehead atoms. The number of carbonyl (C=O) groups is 1. The lowest BCUT2D eigenvalue weighted by molar-refractivity contribution is -0.116. The standard InChI is InChI=1S/C20H20FN3O2/c1-2-26-18-4-3-13-24-14-17(23-20(18)24)11-12-22-19(25)10-7-15-5-8-16(21)9-6-15/h3-10,13-14H,2,11-12H2,1H3,(H,22,25)/b10-7+. The zero-order valence-electron chi connectivity index (χ0n) is 14.5. The minimum atomic E-state index is -0.299. The molecule has 6 heteroatoms. The first-order valence-electron chi connectivity index (χ1n) is 8.46. The van der Waals surface area contributed by atoms with Crippen LogP contribution in [-0.4, -0.2) is 28.4 Å². The summed E-state index contributed by atoms with van der Waals surface area (Å²) >= 11 is 0. The quantitative estimate of drug-likeness (QED) is 0.664. The second-order valence-corrected chi connectivity index (χ2v) is 5.69. The lowest BCUT2D eigenvalue weighted by Crippen LogP contribution is -2.23. The van der Waals surface area contributed by atoms with Gasteiger partial charge in [-0.05, 0) is 42.8 Å². The van der Waals surface area contributed by atoms with Crippen molar-refractivity contribution in [1.82, 2.24) is 14.7 Å². The second kappa shape index (κ2) is 8.29. The molecule has 0 unspecified atom stereocenters. The Kier molecular flexibility index (Phi) is 5.63. The van der Waals surface area contributed by atoms with Crippen molar-refractivity contribution in [2.24, 2.45) is 0 Å². The van der Waals surface area contributed by atoms with Crippen LogP contribution in [0, 0.1) is 5.82 Å². The minimum absolute atomic E-state index is 0.201. The molecular weight excluding hydrogens is 333 g/mol. The van der Waals surface area contributed by atoms with Gasteiger partial charge in [-0.2, -0.15) is 0 Å². The van der Waals surface area contributed by atoms with Gasteiger partial charge in [0.05, 0.1) is 12.3 Å². The molecule has 26 heavy (non-hydrogen) atoms. The van der Waals surface area contributed by atoms with E-state index in [-0.39, 0.29) is 11.7 Å². The number of amides is 1. The monoisotopic (exact) mass is 353 g/mol. The molecule has 0 radical (unpaired) electrons. The molecule has 0 aliphatic carbocycles. The summed E-state index contributed by atoms with van der Waals surface area (Å²) in [5.74, 6) is 0.243. The minimum Gasteiger partial charge on any atom is -0.490 e. The van der Waals surface area contributed by atoms with Gasteiger partial charge in [-0.3, -0.25) is 4.79 Å². The van der Waals surface area contributed by atoms with Crippen molar-refractivity contribution in [2.75, 3.05) is 13.2 Å². The molecule has 2 aromatic heterocycles. The molecule has 5 nitrogen and oxygen atoms in total. The highest BCUT2D eigenvalue weighted by molar-refractivity contribution is 5.91. The average molecular weight is 353 g/mol. The predicted molar refractivity (Wildman–Crippen MR) is 98.5 cm³/mol. The van der Waals surface area contributed by atoms with Gasteiger partial charge in [0.2, 0.25) is 5.91 Å². The number of nitrogens with zero attached hydrogens (tertiary/aromatic N) is 2. The van der Waals surface area contributed by atoms with Crippen LogP contribution in [0.4, 0.5) is 4.39 Å². The predicted octanol–water partition coefficient (Wildman–Crippen LogP) is 3.24. The molecule has 3 aromatic rings. The first-order valence-corrected chi connectivity index (χ1v) is 8.46. The van der Waals surface area contributed by atoms with Crippen LogP contribution in [0.2, 0.25) is 0 Å². The fourth-order valence-corrected chi connectivity index (χ4v) is 2.55. The maximum Gasteiger partial charge on any atom is 0.244 e. The highest BCUT2D eigenvalue weighted by atomic mass is 19.1. The fourth-order valence-electron chi connectivity index (χ4n) is 2.55.